The van der Waals surface area contributed by atoms with Crippen LogP contribution in [0.1, 0.15) is 22.7 Å². The number of aromatic nitrogens is 5. The van der Waals surface area contributed by atoms with Gasteiger partial charge in [0.15, 0.2) is 17.2 Å². The van der Waals surface area contributed by atoms with Crippen molar-refractivity contribution >= 4 is 11.5 Å². The maximum absolute atomic E-state index is 14.7. The predicted octanol–water partition coefficient (Wildman–Crippen LogP) is 3.06. The number of nitrogens with zero attached hydrogens (tertiary/aromatic N) is 5. The molecule has 2 aliphatic rings. The van der Waals surface area contributed by atoms with E-state index in [0.29, 0.717) is 42.5 Å². The molecule has 0 spiro atoms. The summed E-state index contributed by atoms with van der Waals surface area (Å²) >= 11 is 0. The van der Waals surface area contributed by atoms with Crippen LogP contribution in [-0.2, 0) is 13.6 Å². The molecule has 9 heteroatoms. The molecule has 0 aliphatic carbocycles. The minimum Gasteiger partial charge on any atom is -0.493 e. The minimum atomic E-state index is -0.250. The van der Waals surface area contributed by atoms with E-state index < -0.39 is 0 Å². The van der Waals surface area contributed by atoms with Crippen LogP contribution in [0.4, 0.5) is 10.2 Å². The molecule has 152 valence electrons. The van der Waals surface area contributed by atoms with E-state index in [1.165, 1.54) is 6.07 Å². The third kappa shape index (κ3) is 2.35. The van der Waals surface area contributed by atoms with Gasteiger partial charge in [0.25, 0.3) is 0 Å². The Kier molecular flexibility index (Phi) is 3.56. The summed E-state index contributed by atoms with van der Waals surface area (Å²) in [4.78, 5) is 4.54. The van der Waals surface area contributed by atoms with Crippen LogP contribution in [0.5, 0.6) is 11.5 Å². The second kappa shape index (κ2) is 6.19. The van der Waals surface area contributed by atoms with E-state index in [0.717, 1.165) is 28.4 Å². The van der Waals surface area contributed by atoms with Crippen molar-refractivity contribution in [1.82, 2.24) is 24.1 Å². The number of aryl methyl sites for hydroxylation is 1. The number of pyridine rings is 1. The van der Waals surface area contributed by atoms with Gasteiger partial charge in [0.05, 0.1) is 24.7 Å². The number of imidazole rings is 1. The molecule has 2 aliphatic heterocycles. The van der Waals surface area contributed by atoms with Gasteiger partial charge in [-0.25, -0.2) is 9.37 Å². The lowest BCUT2D eigenvalue weighted by atomic mass is 9.96. The van der Waals surface area contributed by atoms with Gasteiger partial charge in [-0.3, -0.25) is 4.40 Å². The molecule has 1 N–H and O–H groups in total. The van der Waals surface area contributed by atoms with E-state index >= 15 is 0 Å². The van der Waals surface area contributed by atoms with E-state index in [1.807, 2.05) is 35.2 Å². The number of nitrogens with one attached hydrogen (secondary N) is 1. The lowest BCUT2D eigenvalue weighted by molar-refractivity contribution is 0.249. The zero-order chi connectivity index (χ0) is 20.4. The highest BCUT2D eigenvalue weighted by Crippen LogP contribution is 2.41. The Labute approximate surface area is 171 Å². The first-order valence-electron chi connectivity index (χ1n) is 9.78. The third-order valence-corrected chi connectivity index (χ3v) is 5.98. The highest BCUT2D eigenvalue weighted by molar-refractivity contribution is 5.79. The number of ether oxygens (including phenoxy) is 2. The summed E-state index contributed by atoms with van der Waals surface area (Å²) in [5.74, 6) is 2.54. The molecule has 3 aromatic heterocycles. The highest BCUT2D eigenvalue weighted by atomic mass is 19.1. The molecule has 5 heterocycles. The fourth-order valence-electron chi connectivity index (χ4n) is 4.29. The number of hydrogen-bond acceptors (Lipinski definition) is 6. The van der Waals surface area contributed by atoms with Crippen LogP contribution >= 0.6 is 0 Å². The quantitative estimate of drug-likeness (QED) is 0.524. The van der Waals surface area contributed by atoms with Crippen LogP contribution in [0, 0.1) is 12.7 Å². The van der Waals surface area contributed by atoms with Gasteiger partial charge < -0.3 is 19.4 Å². The van der Waals surface area contributed by atoms with Gasteiger partial charge in [-0.2, -0.15) is 0 Å². The van der Waals surface area contributed by atoms with Gasteiger partial charge in [0.1, 0.15) is 23.7 Å². The fourth-order valence-corrected chi connectivity index (χ4v) is 4.29. The number of halogens is 1. The molecule has 4 aromatic rings. The first-order valence-corrected chi connectivity index (χ1v) is 9.78. The number of anilines is 1. The Morgan fingerprint density at radius 1 is 1.20 bits per heavy atom. The summed E-state index contributed by atoms with van der Waals surface area (Å²) in [6.07, 6.45) is 3.45. The molecule has 1 atom stereocenters. The second-order valence-electron chi connectivity index (χ2n) is 7.69. The molecule has 0 amide bonds. The van der Waals surface area contributed by atoms with Crippen LogP contribution in [0.25, 0.3) is 17.0 Å². The number of rotatable bonds is 1. The SMILES string of the molecule is Cc1cnc(-c2cc3c(n4cnnc24)NCc2c(F)ccc4c2[C@H](CO4)CO3)n1C. The van der Waals surface area contributed by atoms with Crippen molar-refractivity contribution in [2.24, 2.45) is 7.05 Å². The maximum Gasteiger partial charge on any atom is 0.173 e. The fraction of sp³-hybridized carbons (Fsp3) is 0.286. The van der Waals surface area contributed by atoms with Gasteiger partial charge in [0.2, 0.25) is 0 Å². The summed E-state index contributed by atoms with van der Waals surface area (Å²) in [6, 6.07) is 5.08. The Hall–Kier alpha value is -3.62. The van der Waals surface area contributed by atoms with E-state index in [1.54, 1.807) is 12.4 Å². The summed E-state index contributed by atoms with van der Waals surface area (Å²) in [5, 5.41) is 11.7. The highest BCUT2D eigenvalue weighted by Gasteiger charge is 2.31. The second-order valence-corrected chi connectivity index (χ2v) is 7.69. The van der Waals surface area contributed by atoms with Crippen molar-refractivity contribution in [3.8, 4) is 22.9 Å². The first-order chi connectivity index (χ1) is 14.6. The first kappa shape index (κ1) is 17.3. The lowest BCUT2D eigenvalue weighted by Gasteiger charge is -2.16. The van der Waals surface area contributed by atoms with Crippen LogP contribution in [0.2, 0.25) is 0 Å². The zero-order valence-corrected chi connectivity index (χ0v) is 16.5. The van der Waals surface area contributed by atoms with Crippen molar-refractivity contribution in [3.63, 3.8) is 0 Å². The number of fused-ring (bicyclic) bond motifs is 3. The largest absolute Gasteiger partial charge is 0.493 e. The number of benzene rings is 1. The normalized spacial score (nSPS) is 17.2. The van der Waals surface area contributed by atoms with Crippen molar-refractivity contribution in [1.29, 1.82) is 0 Å². The molecule has 1 aromatic carbocycles. The summed E-state index contributed by atoms with van der Waals surface area (Å²) in [7, 11) is 1.96. The van der Waals surface area contributed by atoms with E-state index in [4.69, 9.17) is 9.47 Å². The van der Waals surface area contributed by atoms with Gasteiger partial charge in [-0.05, 0) is 25.1 Å². The smallest absolute Gasteiger partial charge is 0.173 e. The zero-order valence-electron chi connectivity index (χ0n) is 16.5. The Balaban J connectivity index is 1.53. The predicted molar refractivity (Wildman–Crippen MR) is 107 cm³/mol. The monoisotopic (exact) mass is 406 g/mol. The average molecular weight is 406 g/mol. The summed E-state index contributed by atoms with van der Waals surface area (Å²) < 4.78 is 30.5. The third-order valence-electron chi connectivity index (χ3n) is 5.98. The molecule has 30 heavy (non-hydrogen) atoms. The van der Waals surface area contributed by atoms with Gasteiger partial charge >= 0.3 is 0 Å². The number of hydrogen-bond donors (Lipinski definition) is 1. The standard InChI is InChI=1S/C21H19FN6O2/c1-11-6-23-19(27(11)2)13-5-17-21(28-10-25-26-20(13)28)24-7-14-15(22)3-4-16-18(14)12(8-29-16)9-30-17/h3-6,10,12,24H,7-9H2,1-2H3/t12-/m1/s1. The Bertz CT molecular complexity index is 1310. The van der Waals surface area contributed by atoms with Gasteiger partial charge in [0, 0.05) is 36.6 Å². The molecule has 6 rings (SSSR count). The van der Waals surface area contributed by atoms with E-state index in [-0.39, 0.29) is 11.7 Å². The van der Waals surface area contributed by atoms with Crippen molar-refractivity contribution in [2.45, 2.75) is 19.4 Å². The molecule has 0 saturated carbocycles. The van der Waals surface area contributed by atoms with Crippen LogP contribution in [-0.4, -0.2) is 37.4 Å². The Morgan fingerprint density at radius 2 is 2.03 bits per heavy atom. The van der Waals surface area contributed by atoms with Gasteiger partial charge in [-0.1, -0.05) is 0 Å². The molecule has 0 unspecified atom stereocenters. The van der Waals surface area contributed by atoms with Crippen LogP contribution in [0.3, 0.4) is 0 Å². The Morgan fingerprint density at radius 3 is 2.83 bits per heavy atom. The van der Waals surface area contributed by atoms with Crippen molar-refractivity contribution in [3.05, 3.63) is 53.4 Å². The van der Waals surface area contributed by atoms with Crippen molar-refractivity contribution in [2.75, 3.05) is 18.5 Å². The lowest BCUT2D eigenvalue weighted by Crippen LogP contribution is -2.13. The van der Waals surface area contributed by atoms with E-state index in [2.05, 4.69) is 20.5 Å². The van der Waals surface area contributed by atoms with Crippen LogP contribution in [0.15, 0.2) is 30.7 Å². The molecular weight excluding hydrogens is 387 g/mol. The molecule has 0 bridgehead atoms. The molecule has 0 radical (unpaired) electrons. The van der Waals surface area contributed by atoms with E-state index in [9.17, 15) is 4.39 Å². The molecule has 0 saturated heterocycles. The average Bonchev–Trinajstić information content (AvgIpc) is 3.46. The molecular formula is C21H19FN6O2. The minimum absolute atomic E-state index is 0.0334. The topological polar surface area (TPSA) is 78.5 Å². The molecule has 0 fully saturated rings. The van der Waals surface area contributed by atoms with Crippen LogP contribution < -0.4 is 14.8 Å². The summed E-state index contributed by atoms with van der Waals surface area (Å²) in [5.41, 5.74) is 3.99. The molecule has 8 nitrogen and oxygen atoms in total. The summed E-state index contributed by atoms with van der Waals surface area (Å²) in [6.45, 7) is 3.16. The maximum atomic E-state index is 14.7. The van der Waals surface area contributed by atoms with Crippen molar-refractivity contribution < 1.29 is 13.9 Å². The van der Waals surface area contributed by atoms with Gasteiger partial charge in [-0.15, -0.1) is 10.2 Å².